The average molecular weight is 322 g/mol. The highest BCUT2D eigenvalue weighted by molar-refractivity contribution is 7.90. The minimum Gasteiger partial charge on any atom is -0.316 e. The molecule has 3 rings (SSSR count). The average Bonchev–Trinajstić information content (AvgIpc) is 2.97. The van der Waals surface area contributed by atoms with Crippen molar-refractivity contribution in [2.75, 3.05) is 19.3 Å². The summed E-state index contributed by atoms with van der Waals surface area (Å²) in [6.45, 7) is 2.10. The third-order valence-corrected chi connectivity index (χ3v) is 5.88. The van der Waals surface area contributed by atoms with Crippen molar-refractivity contribution >= 4 is 21.2 Å². The molecule has 0 spiro atoms. The molecule has 6 heteroatoms. The van der Waals surface area contributed by atoms with Crippen LogP contribution >= 0.6 is 11.3 Å². The summed E-state index contributed by atoms with van der Waals surface area (Å²) in [4.78, 5) is 5.07. The van der Waals surface area contributed by atoms with Crippen LogP contribution in [-0.4, -0.2) is 32.7 Å². The third kappa shape index (κ3) is 3.33. The second-order valence-electron chi connectivity index (χ2n) is 5.41. The van der Waals surface area contributed by atoms with Crippen molar-refractivity contribution in [3.8, 4) is 11.3 Å². The maximum absolute atomic E-state index is 11.5. The SMILES string of the molecule is CS(=O)(=O)c1ccc(-c2csc(C3CCCNC3)n2)cc1. The first kappa shape index (κ1) is 14.7. The Morgan fingerprint density at radius 2 is 2.05 bits per heavy atom. The van der Waals surface area contributed by atoms with Crippen molar-refractivity contribution in [1.82, 2.24) is 10.3 Å². The number of hydrogen-bond donors (Lipinski definition) is 1. The lowest BCUT2D eigenvalue weighted by Crippen LogP contribution is -2.28. The molecule has 1 aliphatic heterocycles. The molecule has 4 nitrogen and oxygen atoms in total. The van der Waals surface area contributed by atoms with Crippen LogP contribution in [0.15, 0.2) is 34.5 Å². The van der Waals surface area contributed by atoms with Crippen LogP contribution in [0.5, 0.6) is 0 Å². The van der Waals surface area contributed by atoms with Gasteiger partial charge in [0.05, 0.1) is 15.6 Å². The van der Waals surface area contributed by atoms with Crippen LogP contribution in [0.1, 0.15) is 23.8 Å². The number of nitrogens with zero attached hydrogens (tertiary/aromatic N) is 1. The van der Waals surface area contributed by atoms with Crippen molar-refractivity contribution in [2.24, 2.45) is 0 Å². The first-order valence-corrected chi connectivity index (χ1v) is 9.78. The molecule has 1 aromatic carbocycles. The quantitative estimate of drug-likeness (QED) is 0.944. The van der Waals surface area contributed by atoms with Gasteiger partial charge in [-0.15, -0.1) is 11.3 Å². The van der Waals surface area contributed by atoms with Crippen LogP contribution < -0.4 is 5.32 Å². The molecule has 0 radical (unpaired) electrons. The summed E-state index contributed by atoms with van der Waals surface area (Å²) in [5.74, 6) is 0.507. The second kappa shape index (κ2) is 5.87. The molecule has 2 aromatic rings. The maximum Gasteiger partial charge on any atom is 0.175 e. The lowest BCUT2D eigenvalue weighted by molar-refractivity contribution is 0.460. The topological polar surface area (TPSA) is 59.1 Å². The minimum absolute atomic E-state index is 0.346. The number of benzene rings is 1. The molecule has 0 amide bonds. The molecule has 1 aromatic heterocycles. The molecule has 0 bridgehead atoms. The molecule has 1 fully saturated rings. The third-order valence-electron chi connectivity index (χ3n) is 3.75. The summed E-state index contributed by atoms with van der Waals surface area (Å²) >= 11 is 1.69. The molecular weight excluding hydrogens is 304 g/mol. The fourth-order valence-corrected chi connectivity index (χ4v) is 4.14. The van der Waals surface area contributed by atoms with E-state index in [2.05, 4.69) is 10.7 Å². The number of rotatable bonds is 3. The molecule has 0 saturated carbocycles. The highest BCUT2D eigenvalue weighted by Gasteiger charge is 2.18. The Hall–Kier alpha value is -1.24. The van der Waals surface area contributed by atoms with Gasteiger partial charge in [0.1, 0.15) is 0 Å². The van der Waals surface area contributed by atoms with Crippen LogP contribution in [0, 0.1) is 0 Å². The summed E-state index contributed by atoms with van der Waals surface area (Å²) in [7, 11) is -3.14. The van der Waals surface area contributed by atoms with Gasteiger partial charge < -0.3 is 5.32 Å². The maximum atomic E-state index is 11.5. The van der Waals surface area contributed by atoms with E-state index in [9.17, 15) is 8.42 Å². The predicted octanol–water partition coefficient (Wildman–Crippen LogP) is 2.68. The summed E-state index contributed by atoms with van der Waals surface area (Å²) in [5, 5.41) is 6.63. The number of thiazole rings is 1. The Morgan fingerprint density at radius 1 is 1.29 bits per heavy atom. The Balaban J connectivity index is 1.82. The Bertz CT molecular complexity index is 714. The number of hydrogen-bond acceptors (Lipinski definition) is 5. The lowest BCUT2D eigenvalue weighted by Gasteiger charge is -2.20. The van der Waals surface area contributed by atoms with Crippen LogP contribution in [0.4, 0.5) is 0 Å². The van der Waals surface area contributed by atoms with Gasteiger partial charge in [-0.1, -0.05) is 12.1 Å². The smallest absolute Gasteiger partial charge is 0.175 e. The Labute approximate surface area is 129 Å². The molecule has 0 aliphatic carbocycles. The van der Waals surface area contributed by atoms with Crippen molar-refractivity contribution in [3.05, 3.63) is 34.7 Å². The number of piperidine rings is 1. The Morgan fingerprint density at radius 3 is 2.67 bits per heavy atom. The standard InChI is InChI=1S/C15H18N2O2S2/c1-21(18,19)13-6-4-11(5-7-13)14-10-20-15(17-14)12-3-2-8-16-9-12/h4-7,10,12,16H,2-3,8-9H2,1H3. The first-order valence-electron chi connectivity index (χ1n) is 7.01. The van der Waals surface area contributed by atoms with Gasteiger partial charge in [0.25, 0.3) is 0 Å². The van der Waals surface area contributed by atoms with Gasteiger partial charge in [0.15, 0.2) is 9.84 Å². The van der Waals surface area contributed by atoms with Crippen molar-refractivity contribution < 1.29 is 8.42 Å². The molecule has 1 saturated heterocycles. The predicted molar refractivity (Wildman–Crippen MR) is 85.5 cm³/mol. The molecule has 2 heterocycles. The van der Waals surface area contributed by atoms with Gasteiger partial charge in [-0.05, 0) is 31.5 Å². The number of sulfone groups is 1. The van der Waals surface area contributed by atoms with Gasteiger partial charge in [-0.3, -0.25) is 0 Å². The minimum atomic E-state index is -3.14. The monoisotopic (exact) mass is 322 g/mol. The van der Waals surface area contributed by atoms with E-state index in [1.807, 2.05) is 12.1 Å². The van der Waals surface area contributed by atoms with E-state index in [4.69, 9.17) is 4.98 Å². The van der Waals surface area contributed by atoms with Gasteiger partial charge in [-0.2, -0.15) is 0 Å². The van der Waals surface area contributed by atoms with Gasteiger partial charge in [0, 0.05) is 29.7 Å². The molecule has 21 heavy (non-hydrogen) atoms. The van der Waals surface area contributed by atoms with E-state index >= 15 is 0 Å². The Kier molecular flexibility index (Phi) is 4.10. The zero-order valence-electron chi connectivity index (χ0n) is 11.9. The molecular formula is C15H18N2O2S2. The van der Waals surface area contributed by atoms with Gasteiger partial charge >= 0.3 is 0 Å². The lowest BCUT2D eigenvalue weighted by atomic mass is 10.0. The number of nitrogens with one attached hydrogen (secondary N) is 1. The van der Waals surface area contributed by atoms with Crippen molar-refractivity contribution in [2.45, 2.75) is 23.7 Å². The number of aromatic nitrogens is 1. The second-order valence-corrected chi connectivity index (χ2v) is 8.32. The fourth-order valence-electron chi connectivity index (χ4n) is 2.54. The normalized spacial score (nSPS) is 19.6. The van der Waals surface area contributed by atoms with E-state index in [0.717, 1.165) is 24.3 Å². The molecule has 1 N–H and O–H groups in total. The largest absolute Gasteiger partial charge is 0.316 e. The van der Waals surface area contributed by atoms with Crippen LogP contribution in [0.3, 0.4) is 0 Å². The van der Waals surface area contributed by atoms with Crippen LogP contribution in [0.25, 0.3) is 11.3 Å². The van der Waals surface area contributed by atoms with Crippen molar-refractivity contribution in [1.29, 1.82) is 0 Å². The highest BCUT2D eigenvalue weighted by atomic mass is 32.2. The summed E-state index contributed by atoms with van der Waals surface area (Å²) in [6.07, 6.45) is 3.61. The summed E-state index contributed by atoms with van der Waals surface area (Å²) < 4.78 is 22.9. The van der Waals surface area contributed by atoms with E-state index < -0.39 is 9.84 Å². The van der Waals surface area contributed by atoms with Crippen LogP contribution in [0.2, 0.25) is 0 Å². The highest BCUT2D eigenvalue weighted by Crippen LogP contribution is 2.30. The first-order chi connectivity index (χ1) is 10.0. The van der Waals surface area contributed by atoms with E-state index in [0.29, 0.717) is 10.8 Å². The molecule has 1 aliphatic rings. The van der Waals surface area contributed by atoms with E-state index in [1.54, 1.807) is 23.5 Å². The molecule has 1 atom stereocenters. The van der Waals surface area contributed by atoms with E-state index in [-0.39, 0.29) is 0 Å². The summed E-state index contributed by atoms with van der Waals surface area (Å²) in [6, 6.07) is 6.94. The van der Waals surface area contributed by atoms with Crippen LogP contribution in [-0.2, 0) is 9.84 Å². The van der Waals surface area contributed by atoms with Gasteiger partial charge in [-0.25, -0.2) is 13.4 Å². The van der Waals surface area contributed by atoms with E-state index in [1.165, 1.54) is 24.1 Å². The molecule has 1 unspecified atom stereocenters. The van der Waals surface area contributed by atoms with Gasteiger partial charge in [0.2, 0.25) is 0 Å². The fraction of sp³-hybridized carbons (Fsp3) is 0.400. The zero-order valence-corrected chi connectivity index (χ0v) is 13.5. The van der Waals surface area contributed by atoms with Crippen molar-refractivity contribution in [3.63, 3.8) is 0 Å². The summed E-state index contributed by atoms with van der Waals surface area (Å²) in [5.41, 5.74) is 1.90. The molecule has 112 valence electrons. The zero-order chi connectivity index (χ0) is 14.9.